The van der Waals surface area contributed by atoms with Gasteiger partial charge in [-0.1, -0.05) is 12.1 Å². The van der Waals surface area contributed by atoms with Crippen molar-refractivity contribution >= 4 is 0 Å². The fourth-order valence-corrected chi connectivity index (χ4v) is 3.36. The second-order valence-electron chi connectivity index (χ2n) is 6.44. The standard InChI is InChI=1S/C17H27NO3/c1-18(2)12-16(13-6-8-15(21-3)9-7-13)17(20)10-4-5-14(19)11-17/h6-9,14,16,19-20H,4-5,10-12H2,1-3H3. The van der Waals surface area contributed by atoms with Gasteiger partial charge in [0.15, 0.2) is 0 Å². The van der Waals surface area contributed by atoms with Gasteiger partial charge in [-0.25, -0.2) is 0 Å². The van der Waals surface area contributed by atoms with Crippen LogP contribution in [0.3, 0.4) is 0 Å². The normalized spacial score (nSPS) is 27.6. The van der Waals surface area contributed by atoms with Gasteiger partial charge in [-0.2, -0.15) is 0 Å². The first-order valence-electron chi connectivity index (χ1n) is 7.64. The maximum atomic E-state index is 11.1. The molecule has 0 aliphatic heterocycles. The lowest BCUT2D eigenvalue weighted by molar-refractivity contribution is -0.0678. The van der Waals surface area contributed by atoms with Crippen LogP contribution in [0.2, 0.25) is 0 Å². The van der Waals surface area contributed by atoms with Gasteiger partial charge < -0.3 is 19.8 Å². The van der Waals surface area contributed by atoms with Crippen LogP contribution in [0.5, 0.6) is 5.75 Å². The highest BCUT2D eigenvalue weighted by Crippen LogP contribution is 2.40. The molecule has 118 valence electrons. The van der Waals surface area contributed by atoms with Gasteiger partial charge in [0.2, 0.25) is 0 Å². The van der Waals surface area contributed by atoms with Crippen LogP contribution in [-0.2, 0) is 0 Å². The fourth-order valence-electron chi connectivity index (χ4n) is 3.36. The van der Waals surface area contributed by atoms with Crippen molar-refractivity contribution < 1.29 is 14.9 Å². The Kier molecular flexibility index (Phi) is 5.25. The molecule has 4 heteroatoms. The van der Waals surface area contributed by atoms with Crippen molar-refractivity contribution in [2.75, 3.05) is 27.7 Å². The molecule has 4 nitrogen and oxygen atoms in total. The van der Waals surface area contributed by atoms with Crippen molar-refractivity contribution in [1.29, 1.82) is 0 Å². The Bertz CT molecular complexity index is 446. The topological polar surface area (TPSA) is 52.9 Å². The van der Waals surface area contributed by atoms with E-state index in [2.05, 4.69) is 4.90 Å². The molecule has 0 radical (unpaired) electrons. The zero-order valence-electron chi connectivity index (χ0n) is 13.2. The smallest absolute Gasteiger partial charge is 0.118 e. The van der Waals surface area contributed by atoms with Gasteiger partial charge in [0.05, 0.1) is 18.8 Å². The quantitative estimate of drug-likeness (QED) is 0.872. The minimum atomic E-state index is -0.837. The number of likely N-dealkylation sites (N-methyl/N-ethyl adjacent to an activating group) is 1. The summed E-state index contributed by atoms with van der Waals surface area (Å²) in [4.78, 5) is 2.09. The van der Waals surface area contributed by atoms with E-state index >= 15 is 0 Å². The van der Waals surface area contributed by atoms with Crippen LogP contribution >= 0.6 is 0 Å². The van der Waals surface area contributed by atoms with Gasteiger partial charge in [0.25, 0.3) is 0 Å². The molecule has 1 aromatic rings. The molecule has 2 N–H and O–H groups in total. The van der Waals surface area contributed by atoms with Crippen LogP contribution in [0.15, 0.2) is 24.3 Å². The molecule has 1 aliphatic rings. The molecule has 21 heavy (non-hydrogen) atoms. The van der Waals surface area contributed by atoms with E-state index in [0.717, 1.165) is 37.1 Å². The van der Waals surface area contributed by atoms with Crippen LogP contribution < -0.4 is 4.74 Å². The highest BCUT2D eigenvalue weighted by Gasteiger charge is 2.41. The van der Waals surface area contributed by atoms with Crippen LogP contribution in [0.1, 0.15) is 37.2 Å². The summed E-state index contributed by atoms with van der Waals surface area (Å²) >= 11 is 0. The Morgan fingerprint density at radius 1 is 1.33 bits per heavy atom. The number of nitrogens with zero attached hydrogens (tertiary/aromatic N) is 1. The summed E-state index contributed by atoms with van der Waals surface area (Å²) in [6.07, 6.45) is 2.47. The molecule has 0 aromatic heterocycles. The lowest BCUT2D eigenvalue weighted by atomic mass is 9.71. The maximum absolute atomic E-state index is 11.1. The van der Waals surface area contributed by atoms with Crippen molar-refractivity contribution in [3.05, 3.63) is 29.8 Å². The number of aliphatic hydroxyl groups excluding tert-OH is 1. The molecule has 1 aromatic carbocycles. The molecular weight excluding hydrogens is 266 g/mol. The summed E-state index contributed by atoms with van der Waals surface area (Å²) in [7, 11) is 5.68. The minimum Gasteiger partial charge on any atom is -0.497 e. The second kappa shape index (κ2) is 6.77. The van der Waals surface area contributed by atoms with Crippen molar-refractivity contribution in [3.8, 4) is 5.75 Å². The van der Waals surface area contributed by atoms with Crippen LogP contribution in [0.4, 0.5) is 0 Å². The molecule has 0 heterocycles. The number of ether oxygens (including phenoxy) is 1. The van der Waals surface area contributed by atoms with Gasteiger partial charge in [-0.05, 0) is 51.1 Å². The number of benzene rings is 1. The van der Waals surface area contributed by atoms with Crippen LogP contribution in [0.25, 0.3) is 0 Å². The maximum Gasteiger partial charge on any atom is 0.118 e. The first kappa shape index (κ1) is 16.3. The largest absolute Gasteiger partial charge is 0.497 e. The van der Waals surface area contributed by atoms with Gasteiger partial charge >= 0.3 is 0 Å². The Hall–Kier alpha value is -1.10. The molecular formula is C17H27NO3. The third kappa shape index (κ3) is 3.96. The van der Waals surface area contributed by atoms with Crippen molar-refractivity contribution in [1.82, 2.24) is 4.90 Å². The van der Waals surface area contributed by atoms with Crippen molar-refractivity contribution in [3.63, 3.8) is 0 Å². The Balaban J connectivity index is 2.28. The number of hydrogen-bond donors (Lipinski definition) is 2. The number of aliphatic hydroxyl groups is 2. The number of rotatable bonds is 5. The zero-order valence-corrected chi connectivity index (χ0v) is 13.2. The molecule has 1 aliphatic carbocycles. The molecule has 0 amide bonds. The molecule has 3 unspecified atom stereocenters. The van der Waals surface area contributed by atoms with Crippen LogP contribution in [-0.4, -0.2) is 54.6 Å². The molecule has 0 saturated heterocycles. The summed E-state index contributed by atoms with van der Waals surface area (Å²) in [6, 6.07) is 7.90. The minimum absolute atomic E-state index is 0.00615. The van der Waals surface area contributed by atoms with E-state index in [4.69, 9.17) is 4.74 Å². The second-order valence-corrected chi connectivity index (χ2v) is 6.44. The van der Waals surface area contributed by atoms with Gasteiger partial charge in [-0.15, -0.1) is 0 Å². The Morgan fingerprint density at radius 3 is 2.52 bits per heavy atom. The molecule has 0 spiro atoms. The van der Waals surface area contributed by atoms with Gasteiger partial charge in [-0.3, -0.25) is 0 Å². The SMILES string of the molecule is COc1ccc(C(CN(C)C)C2(O)CCCC(O)C2)cc1. The van der Waals surface area contributed by atoms with Crippen LogP contribution in [0, 0.1) is 0 Å². The average molecular weight is 293 g/mol. The monoisotopic (exact) mass is 293 g/mol. The van der Waals surface area contributed by atoms with E-state index in [9.17, 15) is 10.2 Å². The molecule has 3 atom stereocenters. The van der Waals surface area contributed by atoms with Crippen molar-refractivity contribution in [2.24, 2.45) is 0 Å². The number of hydrogen-bond acceptors (Lipinski definition) is 4. The third-order valence-electron chi connectivity index (χ3n) is 4.45. The lowest BCUT2D eigenvalue weighted by Crippen LogP contribution is -2.46. The molecule has 2 rings (SSSR count). The van der Waals surface area contributed by atoms with E-state index in [1.807, 2.05) is 38.4 Å². The van der Waals surface area contributed by atoms with E-state index in [1.54, 1.807) is 7.11 Å². The first-order chi connectivity index (χ1) is 9.94. The average Bonchev–Trinajstić information content (AvgIpc) is 2.44. The lowest BCUT2D eigenvalue weighted by Gasteiger charge is -2.42. The highest BCUT2D eigenvalue weighted by atomic mass is 16.5. The zero-order chi connectivity index (χ0) is 15.5. The first-order valence-corrected chi connectivity index (χ1v) is 7.64. The fraction of sp³-hybridized carbons (Fsp3) is 0.647. The number of methoxy groups -OCH3 is 1. The molecule has 1 saturated carbocycles. The summed E-state index contributed by atoms with van der Waals surface area (Å²) in [5, 5.41) is 21.1. The summed E-state index contributed by atoms with van der Waals surface area (Å²) in [5.74, 6) is 0.811. The predicted molar refractivity (Wildman–Crippen MR) is 83.7 cm³/mol. The summed E-state index contributed by atoms with van der Waals surface area (Å²) in [6.45, 7) is 0.759. The van der Waals surface area contributed by atoms with Gasteiger partial charge in [0.1, 0.15) is 5.75 Å². The summed E-state index contributed by atoms with van der Waals surface area (Å²) < 4.78 is 5.20. The summed E-state index contributed by atoms with van der Waals surface area (Å²) in [5.41, 5.74) is 0.261. The van der Waals surface area contributed by atoms with E-state index in [0.29, 0.717) is 6.42 Å². The Labute approximate surface area is 127 Å². The molecule has 0 bridgehead atoms. The highest BCUT2D eigenvalue weighted by molar-refractivity contribution is 5.31. The van der Waals surface area contributed by atoms with Crippen molar-refractivity contribution in [2.45, 2.75) is 43.3 Å². The molecule has 1 fully saturated rings. The van der Waals surface area contributed by atoms with E-state index in [-0.39, 0.29) is 5.92 Å². The third-order valence-corrected chi connectivity index (χ3v) is 4.45. The van der Waals surface area contributed by atoms with Gasteiger partial charge in [0, 0.05) is 18.9 Å². The Morgan fingerprint density at radius 2 is 2.00 bits per heavy atom. The van der Waals surface area contributed by atoms with E-state index < -0.39 is 11.7 Å². The van der Waals surface area contributed by atoms with E-state index in [1.165, 1.54) is 0 Å². The predicted octanol–water partition coefficient (Wildman–Crippen LogP) is 2.01.